The standard InChI is InChI=1S/C15H19N3O3/c1-3-8-17-15(20)11(2)18-14(19)10-21-13-6-4-12(9-16)5-7-13/h4-7,11H,3,8,10H2,1-2H3,(H,17,20)(H,18,19)/t11-/m1/s1. The third kappa shape index (κ3) is 5.95. The zero-order valence-corrected chi connectivity index (χ0v) is 12.2. The molecule has 0 saturated carbocycles. The van der Waals surface area contributed by atoms with Crippen LogP contribution in [0.1, 0.15) is 25.8 Å². The van der Waals surface area contributed by atoms with Gasteiger partial charge in [-0.25, -0.2) is 0 Å². The summed E-state index contributed by atoms with van der Waals surface area (Å²) in [6.45, 7) is 3.97. The molecule has 21 heavy (non-hydrogen) atoms. The zero-order valence-electron chi connectivity index (χ0n) is 12.2. The summed E-state index contributed by atoms with van der Waals surface area (Å²) < 4.78 is 5.28. The van der Waals surface area contributed by atoms with Crippen molar-refractivity contribution in [3.8, 4) is 11.8 Å². The number of ether oxygens (including phenoxy) is 1. The first kappa shape index (κ1) is 16.5. The highest BCUT2D eigenvalue weighted by molar-refractivity contribution is 5.87. The largest absolute Gasteiger partial charge is 0.484 e. The molecule has 2 amide bonds. The number of carbonyl (C=O) groups is 2. The van der Waals surface area contributed by atoms with Crippen LogP contribution in [0.2, 0.25) is 0 Å². The van der Waals surface area contributed by atoms with E-state index in [9.17, 15) is 9.59 Å². The SMILES string of the molecule is CCCNC(=O)[C@@H](C)NC(=O)COc1ccc(C#N)cc1. The molecule has 112 valence electrons. The first-order valence-corrected chi connectivity index (χ1v) is 6.76. The van der Waals surface area contributed by atoms with Gasteiger partial charge < -0.3 is 15.4 Å². The molecule has 1 aromatic carbocycles. The maximum atomic E-state index is 11.7. The van der Waals surface area contributed by atoms with Gasteiger partial charge in [-0.3, -0.25) is 9.59 Å². The van der Waals surface area contributed by atoms with Crippen LogP contribution in [0.25, 0.3) is 0 Å². The second-order valence-electron chi connectivity index (χ2n) is 4.51. The summed E-state index contributed by atoms with van der Waals surface area (Å²) in [5.41, 5.74) is 0.521. The lowest BCUT2D eigenvalue weighted by molar-refractivity contribution is -0.129. The van der Waals surface area contributed by atoms with Gasteiger partial charge in [0, 0.05) is 6.54 Å². The van der Waals surface area contributed by atoms with Gasteiger partial charge in [0.15, 0.2) is 6.61 Å². The predicted octanol–water partition coefficient (Wildman–Crippen LogP) is 0.968. The Labute approximate surface area is 124 Å². The van der Waals surface area contributed by atoms with Gasteiger partial charge in [0.1, 0.15) is 11.8 Å². The van der Waals surface area contributed by atoms with Crippen molar-refractivity contribution in [1.82, 2.24) is 10.6 Å². The summed E-state index contributed by atoms with van der Waals surface area (Å²) in [6.07, 6.45) is 0.841. The molecule has 1 atom stereocenters. The molecule has 0 saturated heterocycles. The van der Waals surface area contributed by atoms with Gasteiger partial charge in [0.2, 0.25) is 5.91 Å². The van der Waals surface area contributed by atoms with Crippen LogP contribution < -0.4 is 15.4 Å². The topological polar surface area (TPSA) is 91.2 Å². The Morgan fingerprint density at radius 2 is 2.00 bits per heavy atom. The first-order valence-electron chi connectivity index (χ1n) is 6.76. The van der Waals surface area contributed by atoms with Gasteiger partial charge in [0.05, 0.1) is 11.6 Å². The van der Waals surface area contributed by atoms with Crippen LogP contribution in [0.4, 0.5) is 0 Å². The van der Waals surface area contributed by atoms with Crippen LogP contribution in [0, 0.1) is 11.3 Å². The fraction of sp³-hybridized carbons (Fsp3) is 0.400. The van der Waals surface area contributed by atoms with Crippen molar-refractivity contribution in [2.75, 3.05) is 13.2 Å². The number of benzene rings is 1. The van der Waals surface area contributed by atoms with Gasteiger partial charge in [-0.15, -0.1) is 0 Å². The average Bonchev–Trinajstić information content (AvgIpc) is 2.50. The molecule has 0 unspecified atom stereocenters. The highest BCUT2D eigenvalue weighted by atomic mass is 16.5. The molecule has 0 aliphatic carbocycles. The summed E-state index contributed by atoms with van der Waals surface area (Å²) in [6, 6.07) is 7.83. The molecule has 1 rings (SSSR count). The third-order valence-electron chi connectivity index (χ3n) is 2.67. The highest BCUT2D eigenvalue weighted by Crippen LogP contribution is 2.11. The molecule has 0 bridgehead atoms. The van der Waals surface area contributed by atoms with Crippen molar-refractivity contribution < 1.29 is 14.3 Å². The number of amides is 2. The third-order valence-corrected chi connectivity index (χ3v) is 2.67. The molecule has 0 aromatic heterocycles. The van der Waals surface area contributed by atoms with Crippen molar-refractivity contribution in [2.45, 2.75) is 26.3 Å². The van der Waals surface area contributed by atoms with Crippen LogP contribution in [0.15, 0.2) is 24.3 Å². The summed E-state index contributed by atoms with van der Waals surface area (Å²) in [7, 11) is 0. The van der Waals surface area contributed by atoms with E-state index in [2.05, 4.69) is 10.6 Å². The maximum Gasteiger partial charge on any atom is 0.258 e. The Kier molecular flexibility index (Phi) is 6.75. The lowest BCUT2D eigenvalue weighted by atomic mass is 10.2. The van der Waals surface area contributed by atoms with E-state index in [4.69, 9.17) is 10.00 Å². The lowest BCUT2D eigenvalue weighted by Gasteiger charge is -2.14. The van der Waals surface area contributed by atoms with E-state index in [1.54, 1.807) is 31.2 Å². The molecule has 2 N–H and O–H groups in total. The van der Waals surface area contributed by atoms with Gasteiger partial charge in [-0.2, -0.15) is 5.26 Å². The minimum Gasteiger partial charge on any atom is -0.484 e. The van der Waals surface area contributed by atoms with E-state index in [0.29, 0.717) is 17.9 Å². The van der Waals surface area contributed by atoms with Crippen molar-refractivity contribution >= 4 is 11.8 Å². The van der Waals surface area contributed by atoms with E-state index in [1.165, 1.54) is 0 Å². The summed E-state index contributed by atoms with van der Waals surface area (Å²) >= 11 is 0. The second-order valence-corrected chi connectivity index (χ2v) is 4.51. The van der Waals surface area contributed by atoms with E-state index in [1.807, 2.05) is 13.0 Å². The van der Waals surface area contributed by atoms with Gasteiger partial charge >= 0.3 is 0 Å². The molecule has 6 heteroatoms. The number of rotatable bonds is 7. The van der Waals surface area contributed by atoms with Gasteiger partial charge in [-0.05, 0) is 37.6 Å². The van der Waals surface area contributed by atoms with Crippen LogP contribution in [0.5, 0.6) is 5.75 Å². The van der Waals surface area contributed by atoms with Gasteiger partial charge in [0.25, 0.3) is 5.91 Å². The van der Waals surface area contributed by atoms with Crippen LogP contribution in [-0.2, 0) is 9.59 Å². The molecule has 0 radical (unpaired) electrons. The monoisotopic (exact) mass is 289 g/mol. The predicted molar refractivity (Wildman–Crippen MR) is 77.6 cm³/mol. The minimum absolute atomic E-state index is 0.183. The van der Waals surface area contributed by atoms with Crippen molar-refractivity contribution in [3.05, 3.63) is 29.8 Å². The van der Waals surface area contributed by atoms with Gasteiger partial charge in [-0.1, -0.05) is 6.92 Å². The summed E-state index contributed by atoms with van der Waals surface area (Å²) in [5, 5.41) is 13.9. The van der Waals surface area contributed by atoms with Crippen molar-refractivity contribution in [1.29, 1.82) is 5.26 Å². The number of nitrogens with zero attached hydrogens (tertiary/aromatic N) is 1. The van der Waals surface area contributed by atoms with Crippen molar-refractivity contribution in [3.63, 3.8) is 0 Å². The molecular formula is C15H19N3O3. The Bertz CT molecular complexity index is 520. The summed E-state index contributed by atoms with van der Waals surface area (Å²) in [4.78, 5) is 23.2. The number of carbonyl (C=O) groups excluding carboxylic acids is 2. The van der Waals surface area contributed by atoms with Crippen LogP contribution in [-0.4, -0.2) is 31.0 Å². The van der Waals surface area contributed by atoms with Crippen LogP contribution in [0.3, 0.4) is 0 Å². The lowest BCUT2D eigenvalue weighted by Crippen LogP contribution is -2.46. The maximum absolute atomic E-state index is 11.7. The minimum atomic E-state index is -0.603. The van der Waals surface area contributed by atoms with E-state index >= 15 is 0 Å². The molecule has 1 aromatic rings. The fourth-order valence-electron chi connectivity index (χ4n) is 1.52. The molecule has 0 spiro atoms. The van der Waals surface area contributed by atoms with E-state index < -0.39 is 6.04 Å². The van der Waals surface area contributed by atoms with Crippen molar-refractivity contribution in [2.24, 2.45) is 0 Å². The number of nitriles is 1. The Morgan fingerprint density at radius 3 is 2.57 bits per heavy atom. The average molecular weight is 289 g/mol. The fourth-order valence-corrected chi connectivity index (χ4v) is 1.52. The Balaban J connectivity index is 2.36. The molecular weight excluding hydrogens is 270 g/mol. The highest BCUT2D eigenvalue weighted by Gasteiger charge is 2.14. The molecule has 0 heterocycles. The molecule has 0 aliphatic heterocycles. The number of nitrogens with one attached hydrogen (secondary N) is 2. The second kappa shape index (κ2) is 8.59. The molecule has 6 nitrogen and oxygen atoms in total. The normalized spacial score (nSPS) is 11.1. The zero-order chi connectivity index (χ0) is 15.7. The Hall–Kier alpha value is -2.55. The van der Waals surface area contributed by atoms with E-state index in [0.717, 1.165) is 6.42 Å². The molecule has 0 fully saturated rings. The number of hydrogen-bond donors (Lipinski definition) is 2. The Morgan fingerprint density at radius 1 is 1.33 bits per heavy atom. The number of hydrogen-bond acceptors (Lipinski definition) is 4. The summed E-state index contributed by atoms with van der Waals surface area (Å²) in [5.74, 6) is -0.102. The molecule has 0 aliphatic rings. The smallest absolute Gasteiger partial charge is 0.258 e. The quantitative estimate of drug-likeness (QED) is 0.782. The first-order chi connectivity index (χ1) is 10.1. The van der Waals surface area contributed by atoms with E-state index in [-0.39, 0.29) is 18.4 Å². The van der Waals surface area contributed by atoms with Crippen LogP contribution >= 0.6 is 0 Å².